The van der Waals surface area contributed by atoms with Crippen LogP contribution < -0.4 is 0 Å². The minimum Gasteiger partial charge on any atom is -0.454 e. The van der Waals surface area contributed by atoms with Gasteiger partial charge in [0.25, 0.3) is 20.2 Å². The molecule has 2 aromatic carbocycles. The molecule has 2 aromatic rings. The molecule has 0 fully saturated rings. The fraction of sp³-hybridized carbons (Fsp3) is 0.391. The summed E-state index contributed by atoms with van der Waals surface area (Å²) < 4.78 is 70.6. The molecule has 0 saturated carbocycles. The van der Waals surface area contributed by atoms with Gasteiger partial charge < -0.3 is 9.47 Å². The molecular weight excluding hydrogens is 468 g/mol. The Balaban J connectivity index is 1.53. The van der Waals surface area contributed by atoms with Crippen molar-refractivity contribution in [2.45, 2.75) is 44.0 Å². The molecule has 10 heteroatoms. The highest BCUT2D eigenvalue weighted by Gasteiger charge is 2.34. The average molecular weight is 497 g/mol. The fourth-order valence-electron chi connectivity index (χ4n) is 3.27. The summed E-state index contributed by atoms with van der Waals surface area (Å²) in [4.78, 5) is 0. The minimum absolute atomic E-state index is 0.124. The van der Waals surface area contributed by atoms with E-state index in [4.69, 9.17) is 17.8 Å². The maximum atomic E-state index is 12.2. The molecule has 3 rings (SSSR count). The van der Waals surface area contributed by atoms with Gasteiger partial charge in [0, 0.05) is 26.7 Å². The van der Waals surface area contributed by atoms with Gasteiger partial charge in [0.1, 0.15) is 23.0 Å². The van der Waals surface area contributed by atoms with Crippen molar-refractivity contribution >= 4 is 20.2 Å². The van der Waals surface area contributed by atoms with Crippen molar-refractivity contribution in [3.8, 4) is 0 Å². The Morgan fingerprint density at radius 1 is 0.667 bits per heavy atom. The third kappa shape index (κ3) is 8.47. The molecule has 1 heterocycles. The predicted molar refractivity (Wildman–Crippen MR) is 123 cm³/mol. The Labute approximate surface area is 195 Å². The zero-order chi connectivity index (χ0) is 24.0. The summed E-state index contributed by atoms with van der Waals surface area (Å²) >= 11 is 0. The maximum Gasteiger partial charge on any atom is 0.271 e. The smallest absolute Gasteiger partial charge is 0.271 e. The van der Waals surface area contributed by atoms with Gasteiger partial charge in [-0.15, -0.1) is 0 Å². The second-order valence-corrected chi connectivity index (χ2v) is 11.2. The first-order chi connectivity index (χ1) is 15.5. The Morgan fingerprint density at radius 2 is 1.03 bits per heavy atom. The highest BCUT2D eigenvalue weighted by Crippen LogP contribution is 2.34. The minimum atomic E-state index is -3.76. The van der Waals surface area contributed by atoms with E-state index in [9.17, 15) is 16.8 Å². The summed E-state index contributed by atoms with van der Waals surface area (Å²) in [5.41, 5.74) is 1.26. The quantitative estimate of drug-likeness (QED) is 0.408. The molecule has 0 radical (unpaired) electrons. The molecule has 0 aromatic heterocycles. The van der Waals surface area contributed by atoms with Crippen LogP contribution in [-0.4, -0.2) is 35.8 Å². The van der Waals surface area contributed by atoms with Gasteiger partial charge in [-0.1, -0.05) is 60.7 Å². The molecule has 1 aliphatic heterocycles. The Kier molecular flexibility index (Phi) is 8.17. The summed E-state index contributed by atoms with van der Waals surface area (Å²) in [6.07, 6.45) is 0.313. The molecule has 0 aliphatic carbocycles. The first-order valence-corrected chi connectivity index (χ1v) is 13.6. The van der Waals surface area contributed by atoms with Crippen LogP contribution in [0.2, 0.25) is 0 Å². The largest absolute Gasteiger partial charge is 0.454 e. The molecule has 180 valence electrons. The summed E-state index contributed by atoms with van der Waals surface area (Å²) in [7, 11) is -7.52. The average Bonchev–Trinajstić information content (AvgIpc) is 3.02. The first kappa shape index (κ1) is 25.2. The van der Waals surface area contributed by atoms with E-state index in [1.165, 1.54) is 0 Å². The summed E-state index contributed by atoms with van der Waals surface area (Å²) in [5.74, 6) is -0.569. The zero-order valence-electron chi connectivity index (χ0n) is 18.6. The molecule has 0 N–H and O–H groups in total. The van der Waals surface area contributed by atoms with Crippen molar-refractivity contribution in [2.75, 3.05) is 13.2 Å². The third-order valence-corrected chi connectivity index (χ3v) is 7.03. The van der Waals surface area contributed by atoms with Gasteiger partial charge in [-0.05, 0) is 11.1 Å². The number of hydrogen-bond acceptors (Lipinski definition) is 8. The molecule has 0 saturated heterocycles. The SMILES string of the molecule is CC1(C)OC(CCOS(=O)(=O)Cc2ccccc2)=C(CCOS(=O)(=O)Cc2ccccc2)O1. The Bertz CT molecular complexity index is 1060. The van der Waals surface area contributed by atoms with Gasteiger partial charge in [0.15, 0.2) is 0 Å². The van der Waals surface area contributed by atoms with Crippen LogP contribution in [0.3, 0.4) is 0 Å². The van der Waals surface area contributed by atoms with E-state index in [1.54, 1.807) is 74.5 Å². The Hall–Kier alpha value is -2.40. The molecule has 0 amide bonds. The molecule has 0 unspecified atom stereocenters. The highest BCUT2D eigenvalue weighted by atomic mass is 32.2. The fourth-order valence-corrected chi connectivity index (χ4v) is 5.31. The van der Waals surface area contributed by atoms with Crippen molar-refractivity contribution in [2.24, 2.45) is 0 Å². The van der Waals surface area contributed by atoms with E-state index in [0.29, 0.717) is 22.6 Å². The summed E-state index contributed by atoms with van der Waals surface area (Å²) in [6.45, 7) is 3.17. The number of rotatable bonds is 12. The molecule has 1 aliphatic rings. The number of hydrogen-bond donors (Lipinski definition) is 0. The second kappa shape index (κ2) is 10.7. The van der Waals surface area contributed by atoms with E-state index in [2.05, 4.69) is 0 Å². The Morgan fingerprint density at radius 3 is 1.39 bits per heavy atom. The lowest BCUT2D eigenvalue weighted by Gasteiger charge is -2.19. The van der Waals surface area contributed by atoms with E-state index >= 15 is 0 Å². The lowest BCUT2D eigenvalue weighted by Crippen LogP contribution is -2.21. The van der Waals surface area contributed by atoms with Gasteiger partial charge in [-0.3, -0.25) is 8.37 Å². The first-order valence-electron chi connectivity index (χ1n) is 10.5. The van der Waals surface area contributed by atoms with Crippen molar-refractivity contribution in [3.05, 3.63) is 83.3 Å². The van der Waals surface area contributed by atoms with Crippen LogP contribution in [0.25, 0.3) is 0 Å². The van der Waals surface area contributed by atoms with E-state index in [-0.39, 0.29) is 37.6 Å². The molecular formula is C23H28O8S2. The van der Waals surface area contributed by atoms with Crippen LogP contribution in [0.15, 0.2) is 72.2 Å². The van der Waals surface area contributed by atoms with Gasteiger partial charge in [-0.25, -0.2) is 0 Å². The monoisotopic (exact) mass is 496 g/mol. The summed E-state index contributed by atoms with van der Waals surface area (Å²) in [5, 5.41) is 0. The third-order valence-electron chi connectivity index (χ3n) is 4.61. The number of ether oxygens (including phenoxy) is 2. The van der Waals surface area contributed by atoms with Crippen molar-refractivity contribution < 1.29 is 34.7 Å². The lowest BCUT2D eigenvalue weighted by molar-refractivity contribution is -0.125. The maximum absolute atomic E-state index is 12.2. The topological polar surface area (TPSA) is 105 Å². The van der Waals surface area contributed by atoms with Crippen molar-refractivity contribution in [1.29, 1.82) is 0 Å². The van der Waals surface area contributed by atoms with Crippen LogP contribution in [-0.2, 0) is 49.6 Å². The van der Waals surface area contributed by atoms with Gasteiger partial charge in [0.05, 0.1) is 13.2 Å². The number of benzene rings is 2. The van der Waals surface area contributed by atoms with E-state index in [0.717, 1.165) is 0 Å². The molecule has 8 nitrogen and oxygen atoms in total. The highest BCUT2D eigenvalue weighted by molar-refractivity contribution is 7.86. The van der Waals surface area contributed by atoms with Gasteiger partial charge in [0.2, 0.25) is 5.79 Å². The second-order valence-electron chi connectivity index (χ2n) is 7.97. The van der Waals surface area contributed by atoms with Crippen LogP contribution in [0.1, 0.15) is 37.8 Å². The van der Waals surface area contributed by atoms with Gasteiger partial charge in [-0.2, -0.15) is 16.8 Å². The van der Waals surface area contributed by atoms with Crippen LogP contribution in [0.4, 0.5) is 0 Å². The van der Waals surface area contributed by atoms with Crippen molar-refractivity contribution in [1.82, 2.24) is 0 Å². The lowest BCUT2D eigenvalue weighted by atomic mass is 10.2. The van der Waals surface area contributed by atoms with Crippen LogP contribution >= 0.6 is 0 Å². The molecule has 33 heavy (non-hydrogen) atoms. The summed E-state index contributed by atoms with van der Waals surface area (Å²) in [6, 6.07) is 17.5. The van der Waals surface area contributed by atoms with Crippen LogP contribution in [0, 0.1) is 0 Å². The van der Waals surface area contributed by atoms with Crippen molar-refractivity contribution in [3.63, 3.8) is 0 Å². The zero-order valence-corrected chi connectivity index (χ0v) is 20.2. The molecule has 0 bridgehead atoms. The van der Waals surface area contributed by atoms with Gasteiger partial charge >= 0.3 is 0 Å². The van der Waals surface area contributed by atoms with Crippen LogP contribution in [0.5, 0.6) is 0 Å². The normalized spacial score (nSPS) is 15.8. The standard InChI is InChI=1S/C23H28O8S2/c1-23(2)30-21(13-15-28-32(24,25)17-19-9-5-3-6-10-19)22(31-23)14-16-29-33(26,27)18-20-11-7-4-8-12-20/h3-12H,13-18H2,1-2H3. The van der Waals surface area contributed by atoms with E-state index < -0.39 is 26.0 Å². The molecule has 0 spiro atoms. The molecule has 0 atom stereocenters. The predicted octanol–water partition coefficient (Wildman–Crippen LogP) is 3.85. The van der Waals surface area contributed by atoms with E-state index in [1.807, 2.05) is 0 Å².